The number of aromatic nitrogens is 5. The highest BCUT2D eigenvalue weighted by molar-refractivity contribution is 5.92. The van der Waals surface area contributed by atoms with E-state index in [0.29, 0.717) is 18.3 Å². The standard InChI is InChI=1S/C19H29N7O/c27-19(16-9-13-26(24-16)15-6-4-10-20-14-15)21-11-5-8-18-23-22-17-7-2-1-3-12-25(17)18/h9,13,15,20H,1-8,10-12,14H2,(H,21,27). The summed E-state index contributed by atoms with van der Waals surface area (Å²) < 4.78 is 4.20. The lowest BCUT2D eigenvalue weighted by Crippen LogP contribution is -2.32. The summed E-state index contributed by atoms with van der Waals surface area (Å²) >= 11 is 0. The molecule has 1 saturated heterocycles. The van der Waals surface area contributed by atoms with E-state index < -0.39 is 0 Å². The van der Waals surface area contributed by atoms with Crippen molar-refractivity contribution in [2.75, 3.05) is 19.6 Å². The topological polar surface area (TPSA) is 89.7 Å². The van der Waals surface area contributed by atoms with Crippen LogP contribution in [0.5, 0.6) is 0 Å². The van der Waals surface area contributed by atoms with Gasteiger partial charge in [-0.1, -0.05) is 6.42 Å². The van der Waals surface area contributed by atoms with Crippen LogP contribution in [0.4, 0.5) is 0 Å². The van der Waals surface area contributed by atoms with Gasteiger partial charge in [0.05, 0.1) is 6.04 Å². The number of amides is 1. The van der Waals surface area contributed by atoms with E-state index in [1.165, 1.54) is 19.3 Å². The fraction of sp³-hybridized carbons (Fsp3) is 0.684. The normalized spacial score (nSPS) is 20.1. The average molecular weight is 371 g/mol. The van der Waals surface area contributed by atoms with Gasteiger partial charge in [0.25, 0.3) is 5.91 Å². The third-order valence-corrected chi connectivity index (χ3v) is 5.53. The fourth-order valence-electron chi connectivity index (χ4n) is 3.99. The van der Waals surface area contributed by atoms with Crippen molar-refractivity contribution >= 4 is 5.91 Å². The number of rotatable bonds is 6. The number of carbonyl (C=O) groups is 1. The highest BCUT2D eigenvalue weighted by Gasteiger charge is 2.18. The lowest BCUT2D eigenvalue weighted by Gasteiger charge is -2.22. The van der Waals surface area contributed by atoms with E-state index in [1.807, 2.05) is 16.9 Å². The quantitative estimate of drug-likeness (QED) is 0.751. The van der Waals surface area contributed by atoms with Crippen LogP contribution in [-0.2, 0) is 19.4 Å². The third-order valence-electron chi connectivity index (χ3n) is 5.53. The Morgan fingerprint density at radius 2 is 2.22 bits per heavy atom. The number of carbonyl (C=O) groups excluding carboxylic acids is 1. The Kier molecular flexibility index (Phi) is 5.81. The Labute approximate surface area is 159 Å². The van der Waals surface area contributed by atoms with E-state index in [-0.39, 0.29) is 5.91 Å². The molecule has 1 fully saturated rings. The van der Waals surface area contributed by atoms with Gasteiger partial charge in [0, 0.05) is 38.7 Å². The van der Waals surface area contributed by atoms with Crippen LogP contribution in [0.25, 0.3) is 0 Å². The van der Waals surface area contributed by atoms with Gasteiger partial charge in [-0.3, -0.25) is 9.48 Å². The molecule has 0 bridgehead atoms. The Morgan fingerprint density at radius 3 is 3.11 bits per heavy atom. The number of nitrogens with zero attached hydrogens (tertiary/aromatic N) is 5. The van der Waals surface area contributed by atoms with Crippen molar-refractivity contribution in [1.29, 1.82) is 0 Å². The van der Waals surface area contributed by atoms with E-state index in [0.717, 1.165) is 63.4 Å². The van der Waals surface area contributed by atoms with Crippen LogP contribution in [0.15, 0.2) is 12.3 Å². The predicted molar refractivity (Wildman–Crippen MR) is 102 cm³/mol. The minimum absolute atomic E-state index is 0.0995. The first-order valence-corrected chi connectivity index (χ1v) is 10.3. The molecule has 0 aliphatic carbocycles. The van der Waals surface area contributed by atoms with E-state index in [2.05, 4.69) is 30.5 Å². The zero-order chi connectivity index (χ0) is 18.5. The molecule has 27 heavy (non-hydrogen) atoms. The molecule has 4 rings (SSSR count). The second-order valence-corrected chi connectivity index (χ2v) is 7.54. The zero-order valence-electron chi connectivity index (χ0n) is 15.9. The minimum Gasteiger partial charge on any atom is -0.351 e. The zero-order valence-corrected chi connectivity index (χ0v) is 15.9. The van der Waals surface area contributed by atoms with E-state index in [4.69, 9.17) is 0 Å². The summed E-state index contributed by atoms with van der Waals surface area (Å²) in [4.78, 5) is 12.3. The minimum atomic E-state index is -0.0995. The highest BCUT2D eigenvalue weighted by atomic mass is 16.1. The maximum absolute atomic E-state index is 12.3. The van der Waals surface area contributed by atoms with Crippen molar-refractivity contribution in [3.05, 3.63) is 29.6 Å². The molecule has 8 heteroatoms. The molecular weight excluding hydrogens is 342 g/mol. The average Bonchev–Trinajstić information content (AvgIpc) is 3.28. The summed E-state index contributed by atoms with van der Waals surface area (Å²) in [6, 6.07) is 2.16. The monoisotopic (exact) mass is 371 g/mol. The number of piperidine rings is 1. The van der Waals surface area contributed by atoms with Crippen LogP contribution in [-0.4, -0.2) is 50.1 Å². The lowest BCUT2D eigenvalue weighted by molar-refractivity contribution is 0.0946. The smallest absolute Gasteiger partial charge is 0.271 e. The molecule has 146 valence electrons. The van der Waals surface area contributed by atoms with Gasteiger partial charge in [0.2, 0.25) is 0 Å². The predicted octanol–water partition coefficient (Wildman–Crippen LogP) is 1.49. The third kappa shape index (κ3) is 4.37. The Balaban J connectivity index is 1.24. The van der Waals surface area contributed by atoms with E-state index in [1.54, 1.807) is 0 Å². The van der Waals surface area contributed by atoms with Crippen molar-refractivity contribution < 1.29 is 4.79 Å². The van der Waals surface area contributed by atoms with Gasteiger partial charge in [-0.15, -0.1) is 10.2 Å². The van der Waals surface area contributed by atoms with Crippen LogP contribution in [0.3, 0.4) is 0 Å². The number of aryl methyl sites for hydroxylation is 2. The second kappa shape index (κ2) is 8.65. The summed E-state index contributed by atoms with van der Waals surface area (Å²) in [7, 11) is 0. The van der Waals surface area contributed by atoms with Gasteiger partial charge in [-0.05, 0) is 44.7 Å². The Morgan fingerprint density at radius 1 is 1.26 bits per heavy atom. The van der Waals surface area contributed by atoms with E-state index in [9.17, 15) is 4.79 Å². The SMILES string of the molecule is O=C(NCCCc1nnc2n1CCCCC2)c1ccn(C2CCCNC2)n1. The molecule has 1 amide bonds. The molecule has 0 radical (unpaired) electrons. The van der Waals surface area contributed by atoms with Crippen molar-refractivity contribution in [1.82, 2.24) is 35.2 Å². The van der Waals surface area contributed by atoms with Crippen LogP contribution in [0, 0.1) is 0 Å². The van der Waals surface area contributed by atoms with Crippen LogP contribution >= 0.6 is 0 Å². The largest absolute Gasteiger partial charge is 0.351 e. The molecule has 2 aromatic heterocycles. The van der Waals surface area contributed by atoms with Crippen LogP contribution < -0.4 is 10.6 Å². The molecule has 0 spiro atoms. The number of nitrogens with one attached hydrogen (secondary N) is 2. The Hall–Kier alpha value is -2.22. The molecule has 2 aliphatic rings. The van der Waals surface area contributed by atoms with Gasteiger partial charge >= 0.3 is 0 Å². The summed E-state index contributed by atoms with van der Waals surface area (Å²) in [5, 5.41) is 19.5. The summed E-state index contributed by atoms with van der Waals surface area (Å²) in [6.07, 6.45) is 10.6. The highest BCUT2D eigenvalue weighted by Crippen LogP contribution is 2.16. The van der Waals surface area contributed by atoms with Gasteiger partial charge in [0.15, 0.2) is 0 Å². The first-order chi connectivity index (χ1) is 13.3. The van der Waals surface area contributed by atoms with Gasteiger partial charge in [0.1, 0.15) is 17.3 Å². The van der Waals surface area contributed by atoms with Gasteiger partial charge in [-0.2, -0.15) is 5.10 Å². The number of hydrogen-bond donors (Lipinski definition) is 2. The first kappa shape index (κ1) is 18.2. The summed E-state index contributed by atoms with van der Waals surface area (Å²) in [6.45, 7) is 3.64. The molecule has 1 unspecified atom stereocenters. The molecule has 2 aromatic rings. The molecule has 8 nitrogen and oxygen atoms in total. The lowest BCUT2D eigenvalue weighted by atomic mass is 10.1. The second-order valence-electron chi connectivity index (χ2n) is 7.54. The van der Waals surface area contributed by atoms with Crippen molar-refractivity contribution in [2.45, 2.75) is 64.0 Å². The van der Waals surface area contributed by atoms with Crippen molar-refractivity contribution in [3.63, 3.8) is 0 Å². The van der Waals surface area contributed by atoms with Gasteiger partial charge < -0.3 is 15.2 Å². The van der Waals surface area contributed by atoms with Gasteiger partial charge in [-0.25, -0.2) is 0 Å². The molecule has 2 N–H and O–H groups in total. The number of hydrogen-bond acceptors (Lipinski definition) is 5. The fourth-order valence-corrected chi connectivity index (χ4v) is 3.99. The van der Waals surface area contributed by atoms with Crippen molar-refractivity contribution in [3.8, 4) is 0 Å². The molecule has 1 atom stereocenters. The van der Waals surface area contributed by atoms with Crippen LogP contribution in [0.1, 0.15) is 66.7 Å². The maximum Gasteiger partial charge on any atom is 0.271 e. The molecule has 0 aromatic carbocycles. The summed E-state index contributed by atoms with van der Waals surface area (Å²) in [5.41, 5.74) is 0.497. The molecule has 2 aliphatic heterocycles. The molecule has 4 heterocycles. The summed E-state index contributed by atoms with van der Waals surface area (Å²) in [5.74, 6) is 2.07. The molecular formula is C19H29N7O. The molecule has 0 saturated carbocycles. The van der Waals surface area contributed by atoms with Crippen molar-refractivity contribution in [2.24, 2.45) is 0 Å². The maximum atomic E-state index is 12.3. The van der Waals surface area contributed by atoms with E-state index >= 15 is 0 Å². The Bertz CT molecular complexity index is 760. The first-order valence-electron chi connectivity index (χ1n) is 10.3. The number of fused-ring (bicyclic) bond motifs is 1. The van der Waals surface area contributed by atoms with Crippen LogP contribution in [0.2, 0.25) is 0 Å².